The van der Waals surface area contributed by atoms with E-state index in [2.05, 4.69) is 47.9 Å². The van der Waals surface area contributed by atoms with E-state index in [1.807, 2.05) is 25.5 Å². The monoisotopic (exact) mass is 754 g/mol. The lowest BCUT2D eigenvalue weighted by Gasteiger charge is -2.31. The summed E-state index contributed by atoms with van der Waals surface area (Å²) in [5, 5.41) is 8.64. The number of hydrogen-bond donors (Lipinski definition) is 1. The summed E-state index contributed by atoms with van der Waals surface area (Å²) in [5.74, 6) is -5.20. The molecule has 5 aromatic rings. The van der Waals surface area contributed by atoms with Crippen molar-refractivity contribution in [1.82, 2.24) is 20.0 Å². The SMILES string of the molecule is COc1ccc(COc2c(F)cc(C(=O)NCC3CCC(n4cc5ccc(-c6ccc7c(c6)CN(C(=O)OC(C)(C)C)CC7)cc5n4)CC3)c(F)c2F)cc1. The minimum absolute atomic E-state index is 0.122. The number of rotatable bonds is 9. The highest BCUT2D eigenvalue weighted by molar-refractivity contribution is 5.94. The molecule has 0 bridgehead atoms. The summed E-state index contributed by atoms with van der Waals surface area (Å²) in [7, 11) is 1.52. The summed E-state index contributed by atoms with van der Waals surface area (Å²) in [5.41, 5.74) is 4.68. The van der Waals surface area contributed by atoms with Gasteiger partial charge in [0.15, 0.2) is 17.4 Å². The van der Waals surface area contributed by atoms with Gasteiger partial charge in [0.1, 0.15) is 18.0 Å². The van der Waals surface area contributed by atoms with Crippen LogP contribution in [0, 0.1) is 23.4 Å². The molecule has 7 rings (SSSR count). The molecule has 1 fully saturated rings. The summed E-state index contributed by atoms with van der Waals surface area (Å²) in [6.07, 6.45) is 5.80. The number of methoxy groups -OCH3 is 1. The van der Waals surface area contributed by atoms with Crippen molar-refractivity contribution in [3.8, 4) is 22.6 Å². The maximum absolute atomic E-state index is 15.0. The molecule has 0 atom stereocenters. The van der Waals surface area contributed by atoms with Crippen molar-refractivity contribution in [3.63, 3.8) is 0 Å². The van der Waals surface area contributed by atoms with Crippen molar-refractivity contribution in [3.05, 3.63) is 113 Å². The van der Waals surface area contributed by atoms with Gasteiger partial charge in [-0.05, 0) is 117 Å². The van der Waals surface area contributed by atoms with Crippen LogP contribution in [0.1, 0.15) is 79.5 Å². The number of amides is 2. The molecule has 0 radical (unpaired) electrons. The summed E-state index contributed by atoms with van der Waals surface area (Å²) in [6.45, 7) is 6.80. The fourth-order valence-corrected chi connectivity index (χ4v) is 7.32. The van der Waals surface area contributed by atoms with Crippen LogP contribution in [0.2, 0.25) is 0 Å². The van der Waals surface area contributed by atoms with Crippen LogP contribution in [0.5, 0.6) is 11.5 Å². The summed E-state index contributed by atoms with van der Waals surface area (Å²) >= 11 is 0. The highest BCUT2D eigenvalue weighted by atomic mass is 19.2. The van der Waals surface area contributed by atoms with Crippen LogP contribution < -0.4 is 14.8 Å². The van der Waals surface area contributed by atoms with Crippen LogP contribution in [0.4, 0.5) is 18.0 Å². The predicted molar refractivity (Wildman–Crippen MR) is 202 cm³/mol. The van der Waals surface area contributed by atoms with Gasteiger partial charge >= 0.3 is 6.09 Å². The molecule has 0 unspecified atom stereocenters. The Hall–Kier alpha value is -5.52. The Kier molecular flexibility index (Phi) is 10.8. The molecule has 2 amide bonds. The molecule has 1 N–H and O–H groups in total. The normalized spacial score (nSPS) is 17.1. The van der Waals surface area contributed by atoms with Crippen molar-refractivity contribution in [2.45, 2.75) is 77.7 Å². The molecule has 1 aliphatic carbocycles. The van der Waals surface area contributed by atoms with E-state index in [0.29, 0.717) is 30.5 Å². The molecule has 0 spiro atoms. The first-order valence-corrected chi connectivity index (χ1v) is 18.7. The fraction of sp³-hybridized carbons (Fsp3) is 0.372. The number of halogens is 3. The molecule has 4 aromatic carbocycles. The van der Waals surface area contributed by atoms with E-state index >= 15 is 0 Å². The molecule has 2 aliphatic rings. The summed E-state index contributed by atoms with van der Waals surface area (Å²) in [4.78, 5) is 27.3. The highest BCUT2D eigenvalue weighted by Crippen LogP contribution is 2.34. The van der Waals surface area contributed by atoms with Crippen molar-refractivity contribution >= 4 is 22.9 Å². The van der Waals surface area contributed by atoms with Gasteiger partial charge in [-0.2, -0.15) is 9.49 Å². The van der Waals surface area contributed by atoms with Gasteiger partial charge in [0, 0.05) is 31.2 Å². The van der Waals surface area contributed by atoms with E-state index in [-0.39, 0.29) is 31.2 Å². The molecule has 55 heavy (non-hydrogen) atoms. The number of ether oxygens (including phenoxy) is 3. The second-order valence-electron chi connectivity index (χ2n) is 15.4. The standard InChI is InChI=1S/C43H45F3N4O5/c1-43(2,3)55-42(52)49-18-17-28-9-10-29(19-32(28)23-49)30-11-12-31-24-50(48-37(31)20-30)33-13-5-26(6-14-33)22-47-41(51)35-21-36(44)40(39(46)38(35)45)54-25-27-7-15-34(53-4)16-8-27/h7-12,15-16,19-21,24,26,33H,5-6,13-14,17-18,22-23,25H2,1-4H3,(H,47,51). The van der Waals surface area contributed by atoms with Gasteiger partial charge in [-0.3, -0.25) is 9.48 Å². The van der Waals surface area contributed by atoms with Crippen molar-refractivity contribution in [1.29, 1.82) is 0 Å². The lowest BCUT2D eigenvalue weighted by Crippen LogP contribution is -2.39. The molecular weight excluding hydrogens is 709 g/mol. The second kappa shape index (κ2) is 15.7. The minimum Gasteiger partial charge on any atom is -0.497 e. The van der Waals surface area contributed by atoms with Gasteiger partial charge in [0.25, 0.3) is 5.91 Å². The Bertz CT molecular complexity index is 2210. The Balaban J connectivity index is 0.931. The van der Waals surface area contributed by atoms with E-state index in [0.717, 1.165) is 59.7 Å². The van der Waals surface area contributed by atoms with Gasteiger partial charge in [0.2, 0.25) is 5.82 Å². The largest absolute Gasteiger partial charge is 0.497 e. The predicted octanol–water partition coefficient (Wildman–Crippen LogP) is 9.16. The molecule has 1 aromatic heterocycles. The Labute approximate surface area is 318 Å². The average molecular weight is 755 g/mol. The molecule has 288 valence electrons. The Morgan fingerprint density at radius 1 is 0.891 bits per heavy atom. The summed E-state index contributed by atoms with van der Waals surface area (Å²) in [6, 6.07) is 20.2. The van der Waals surface area contributed by atoms with Gasteiger partial charge < -0.3 is 24.4 Å². The van der Waals surface area contributed by atoms with Gasteiger partial charge in [-0.25, -0.2) is 13.6 Å². The van der Waals surface area contributed by atoms with Crippen LogP contribution in [0.15, 0.2) is 72.9 Å². The van der Waals surface area contributed by atoms with E-state index in [1.54, 1.807) is 29.2 Å². The lowest BCUT2D eigenvalue weighted by atomic mass is 9.86. The molecule has 1 saturated carbocycles. The first-order chi connectivity index (χ1) is 26.3. The van der Waals surface area contributed by atoms with Crippen molar-refractivity contribution in [2.24, 2.45) is 5.92 Å². The van der Waals surface area contributed by atoms with E-state index in [4.69, 9.17) is 19.3 Å². The minimum atomic E-state index is -1.55. The maximum atomic E-state index is 15.0. The molecular formula is C43H45F3N4O5. The van der Waals surface area contributed by atoms with Crippen LogP contribution in [-0.4, -0.2) is 52.5 Å². The summed E-state index contributed by atoms with van der Waals surface area (Å²) < 4.78 is 62.6. The number of nitrogens with one attached hydrogen (secondary N) is 1. The van der Waals surface area contributed by atoms with Crippen LogP contribution >= 0.6 is 0 Å². The number of nitrogens with zero attached hydrogens (tertiary/aromatic N) is 3. The number of hydrogen-bond acceptors (Lipinski definition) is 6. The van der Waals surface area contributed by atoms with Gasteiger partial charge in [-0.1, -0.05) is 36.4 Å². The highest BCUT2D eigenvalue weighted by Gasteiger charge is 2.28. The topological polar surface area (TPSA) is 94.9 Å². The lowest BCUT2D eigenvalue weighted by molar-refractivity contribution is 0.0224. The first kappa shape index (κ1) is 37.8. The van der Waals surface area contributed by atoms with Crippen LogP contribution in [0.25, 0.3) is 22.0 Å². The number of benzene rings is 4. The van der Waals surface area contributed by atoms with E-state index in [9.17, 15) is 22.8 Å². The van der Waals surface area contributed by atoms with E-state index in [1.165, 1.54) is 12.7 Å². The third kappa shape index (κ3) is 8.58. The van der Waals surface area contributed by atoms with E-state index < -0.39 is 40.3 Å². The maximum Gasteiger partial charge on any atom is 0.410 e. The van der Waals surface area contributed by atoms with Crippen LogP contribution in [-0.2, 0) is 24.3 Å². The second-order valence-corrected chi connectivity index (χ2v) is 15.4. The zero-order valence-corrected chi connectivity index (χ0v) is 31.5. The zero-order chi connectivity index (χ0) is 38.9. The first-order valence-electron chi connectivity index (χ1n) is 18.7. The third-order valence-corrected chi connectivity index (χ3v) is 10.4. The molecule has 1 aliphatic heterocycles. The molecule has 9 nitrogen and oxygen atoms in total. The number of carbonyl (C=O) groups excluding carboxylic acids is 2. The molecule has 0 saturated heterocycles. The van der Waals surface area contributed by atoms with Crippen LogP contribution in [0.3, 0.4) is 0 Å². The van der Waals surface area contributed by atoms with Crippen molar-refractivity contribution < 1.29 is 37.0 Å². The number of fused-ring (bicyclic) bond motifs is 2. The molecule has 12 heteroatoms. The smallest absolute Gasteiger partial charge is 0.410 e. The quantitative estimate of drug-likeness (QED) is 0.151. The number of carbonyl (C=O) groups is 2. The Morgan fingerprint density at radius 2 is 1.62 bits per heavy atom. The van der Waals surface area contributed by atoms with Gasteiger partial charge in [0.05, 0.1) is 24.2 Å². The zero-order valence-electron chi connectivity index (χ0n) is 31.5. The fourth-order valence-electron chi connectivity index (χ4n) is 7.32. The number of aromatic nitrogens is 2. The Morgan fingerprint density at radius 3 is 2.35 bits per heavy atom. The van der Waals surface area contributed by atoms with Crippen molar-refractivity contribution in [2.75, 3.05) is 20.2 Å². The molecule has 2 heterocycles. The average Bonchev–Trinajstić information content (AvgIpc) is 3.61. The third-order valence-electron chi connectivity index (χ3n) is 10.4. The van der Waals surface area contributed by atoms with Gasteiger partial charge in [-0.15, -0.1) is 0 Å².